The first kappa shape index (κ1) is 23.1. The Bertz CT molecular complexity index is 1060. The molecule has 1 fully saturated rings. The zero-order valence-electron chi connectivity index (χ0n) is 19.8. The molecule has 0 radical (unpaired) electrons. The molecule has 1 aliphatic heterocycles. The molecule has 2 aromatic heterocycles. The molecule has 0 spiro atoms. The van der Waals surface area contributed by atoms with Gasteiger partial charge in [0.05, 0.1) is 30.6 Å². The molecule has 4 rings (SSSR count). The van der Waals surface area contributed by atoms with E-state index in [9.17, 15) is 4.79 Å². The van der Waals surface area contributed by atoms with Gasteiger partial charge in [-0.15, -0.1) is 0 Å². The lowest BCUT2D eigenvalue weighted by Crippen LogP contribution is -2.40. The van der Waals surface area contributed by atoms with Gasteiger partial charge in [-0.1, -0.05) is 30.3 Å². The van der Waals surface area contributed by atoms with Crippen LogP contribution in [0, 0.1) is 0 Å². The van der Waals surface area contributed by atoms with Gasteiger partial charge in [-0.2, -0.15) is 5.10 Å². The lowest BCUT2D eigenvalue weighted by molar-refractivity contribution is 0.0599. The van der Waals surface area contributed by atoms with Crippen molar-refractivity contribution in [1.29, 1.82) is 0 Å². The van der Waals surface area contributed by atoms with Gasteiger partial charge < -0.3 is 9.64 Å². The summed E-state index contributed by atoms with van der Waals surface area (Å²) in [5, 5.41) is 4.88. The van der Waals surface area contributed by atoms with E-state index in [0.717, 1.165) is 61.4 Å². The number of carbonyl (C=O) groups excluding carboxylic acids is 1. The summed E-state index contributed by atoms with van der Waals surface area (Å²) in [6.07, 6.45) is 8.18. The highest BCUT2D eigenvalue weighted by Crippen LogP contribution is 2.31. The number of likely N-dealkylation sites (tertiary alicyclic amines) is 1. The van der Waals surface area contributed by atoms with Crippen LogP contribution in [0.5, 0.6) is 0 Å². The molecule has 1 atom stereocenters. The van der Waals surface area contributed by atoms with E-state index < -0.39 is 0 Å². The molecule has 3 aromatic rings. The molecule has 33 heavy (non-hydrogen) atoms. The van der Waals surface area contributed by atoms with Gasteiger partial charge in [-0.3, -0.25) is 14.6 Å². The maximum atomic E-state index is 12.4. The topological polar surface area (TPSA) is 63.5 Å². The molecule has 0 saturated carbocycles. The zero-order valence-corrected chi connectivity index (χ0v) is 19.8. The van der Waals surface area contributed by atoms with Gasteiger partial charge in [-0.25, -0.2) is 4.79 Å². The standard InChI is InChI=1S/C26H33N5O2/c1-29(2)14-15-30-13-7-10-22(19-30)31-25(24(18-28-31)20-8-5-4-6-9-20)16-21-17-27-12-11-23(21)26(32)33-3/h4-6,8-9,11-12,17-18,22H,7,10,13-16,19H2,1-3H3. The summed E-state index contributed by atoms with van der Waals surface area (Å²) in [4.78, 5) is 21.4. The van der Waals surface area contributed by atoms with E-state index in [1.165, 1.54) is 7.11 Å². The number of carbonyl (C=O) groups is 1. The number of hydrogen-bond acceptors (Lipinski definition) is 6. The quantitative estimate of drug-likeness (QED) is 0.493. The van der Waals surface area contributed by atoms with Crippen LogP contribution in [0.25, 0.3) is 11.1 Å². The maximum absolute atomic E-state index is 12.4. The molecule has 0 N–H and O–H groups in total. The van der Waals surface area contributed by atoms with Gasteiger partial charge in [0.2, 0.25) is 0 Å². The molecule has 7 nitrogen and oxygen atoms in total. The Morgan fingerprint density at radius 2 is 2.00 bits per heavy atom. The highest BCUT2D eigenvalue weighted by Gasteiger charge is 2.26. The number of methoxy groups -OCH3 is 1. The van der Waals surface area contributed by atoms with Crippen LogP contribution in [-0.4, -0.2) is 77.9 Å². The third-order valence-electron chi connectivity index (χ3n) is 6.34. The first-order valence-corrected chi connectivity index (χ1v) is 11.6. The number of likely N-dealkylation sites (N-methyl/N-ethyl adjacent to an activating group) is 1. The largest absolute Gasteiger partial charge is 0.465 e. The normalized spacial score (nSPS) is 16.8. The average Bonchev–Trinajstić information content (AvgIpc) is 3.27. The SMILES string of the molecule is COC(=O)c1ccncc1Cc1c(-c2ccccc2)cnn1C1CCCN(CCN(C)C)C1. The molecule has 7 heteroatoms. The van der Waals surface area contributed by atoms with Gasteiger partial charge >= 0.3 is 5.97 Å². The second-order valence-electron chi connectivity index (χ2n) is 8.92. The van der Waals surface area contributed by atoms with Gasteiger partial charge in [0.25, 0.3) is 0 Å². The zero-order chi connectivity index (χ0) is 23.2. The van der Waals surface area contributed by atoms with Crippen LogP contribution in [0.1, 0.15) is 40.5 Å². The Balaban J connectivity index is 1.69. The Labute approximate surface area is 196 Å². The first-order valence-electron chi connectivity index (χ1n) is 11.6. The van der Waals surface area contributed by atoms with E-state index >= 15 is 0 Å². The highest BCUT2D eigenvalue weighted by molar-refractivity contribution is 5.91. The van der Waals surface area contributed by atoms with E-state index in [0.29, 0.717) is 18.0 Å². The fourth-order valence-electron chi connectivity index (χ4n) is 4.57. The fraction of sp³-hybridized carbons (Fsp3) is 0.423. The number of rotatable bonds is 8. The van der Waals surface area contributed by atoms with Crippen molar-refractivity contribution in [2.24, 2.45) is 0 Å². The van der Waals surface area contributed by atoms with Crippen molar-refractivity contribution in [1.82, 2.24) is 24.6 Å². The summed E-state index contributed by atoms with van der Waals surface area (Å²) in [5.74, 6) is -0.341. The summed E-state index contributed by atoms with van der Waals surface area (Å²) in [6.45, 7) is 4.21. The van der Waals surface area contributed by atoms with E-state index in [4.69, 9.17) is 9.84 Å². The molecule has 0 amide bonds. The second kappa shape index (κ2) is 10.7. The van der Waals surface area contributed by atoms with Crippen molar-refractivity contribution < 1.29 is 9.53 Å². The third-order valence-corrected chi connectivity index (χ3v) is 6.34. The molecule has 0 bridgehead atoms. The van der Waals surface area contributed by atoms with Crippen LogP contribution in [0.4, 0.5) is 0 Å². The smallest absolute Gasteiger partial charge is 0.338 e. The number of aromatic nitrogens is 3. The lowest BCUT2D eigenvalue weighted by Gasteiger charge is -2.34. The van der Waals surface area contributed by atoms with Crippen LogP contribution in [-0.2, 0) is 11.2 Å². The number of ether oxygens (including phenoxy) is 1. The van der Waals surface area contributed by atoms with Crippen LogP contribution in [0.2, 0.25) is 0 Å². The number of piperidine rings is 1. The van der Waals surface area contributed by atoms with Crippen LogP contribution >= 0.6 is 0 Å². The predicted octanol–water partition coefficient (Wildman–Crippen LogP) is 3.52. The molecule has 1 aromatic carbocycles. The average molecular weight is 448 g/mol. The van der Waals surface area contributed by atoms with Gasteiger partial charge in [0.1, 0.15) is 0 Å². The number of nitrogens with zero attached hydrogens (tertiary/aromatic N) is 5. The van der Waals surface area contributed by atoms with Crippen LogP contribution in [0.15, 0.2) is 55.0 Å². The van der Waals surface area contributed by atoms with Crippen molar-refractivity contribution in [3.05, 3.63) is 71.8 Å². The summed E-state index contributed by atoms with van der Waals surface area (Å²) < 4.78 is 7.21. The van der Waals surface area contributed by atoms with Crippen molar-refractivity contribution in [2.75, 3.05) is 47.4 Å². The predicted molar refractivity (Wildman–Crippen MR) is 129 cm³/mol. The third kappa shape index (κ3) is 5.49. The number of hydrogen-bond donors (Lipinski definition) is 0. The van der Waals surface area contributed by atoms with Gasteiger partial charge in [-0.05, 0) is 50.7 Å². The summed E-state index contributed by atoms with van der Waals surface area (Å²) >= 11 is 0. The molecule has 1 unspecified atom stereocenters. The minimum absolute atomic E-state index is 0.298. The van der Waals surface area contributed by atoms with Gasteiger partial charge in [0.15, 0.2) is 0 Å². The van der Waals surface area contributed by atoms with Crippen molar-refractivity contribution >= 4 is 5.97 Å². The number of benzene rings is 1. The van der Waals surface area contributed by atoms with Crippen molar-refractivity contribution in [2.45, 2.75) is 25.3 Å². The fourth-order valence-corrected chi connectivity index (χ4v) is 4.57. The number of pyridine rings is 1. The van der Waals surface area contributed by atoms with Crippen LogP contribution < -0.4 is 0 Å². The Morgan fingerprint density at radius 3 is 2.76 bits per heavy atom. The maximum Gasteiger partial charge on any atom is 0.338 e. The van der Waals surface area contributed by atoms with Crippen molar-refractivity contribution in [3.63, 3.8) is 0 Å². The summed E-state index contributed by atoms with van der Waals surface area (Å²) in [6, 6.07) is 12.4. The van der Waals surface area contributed by atoms with E-state index in [-0.39, 0.29) is 5.97 Å². The minimum Gasteiger partial charge on any atom is -0.465 e. The van der Waals surface area contributed by atoms with Gasteiger partial charge in [0, 0.05) is 44.0 Å². The number of esters is 1. The highest BCUT2D eigenvalue weighted by atomic mass is 16.5. The molecular weight excluding hydrogens is 414 g/mol. The molecule has 174 valence electrons. The molecular formula is C26H33N5O2. The van der Waals surface area contributed by atoms with E-state index in [2.05, 4.69) is 45.7 Å². The van der Waals surface area contributed by atoms with Crippen LogP contribution in [0.3, 0.4) is 0 Å². The summed E-state index contributed by atoms with van der Waals surface area (Å²) in [7, 11) is 5.65. The van der Waals surface area contributed by atoms with Crippen molar-refractivity contribution in [3.8, 4) is 11.1 Å². The molecule has 1 aliphatic rings. The monoisotopic (exact) mass is 447 g/mol. The Morgan fingerprint density at radius 1 is 1.18 bits per heavy atom. The molecule has 0 aliphatic carbocycles. The minimum atomic E-state index is -0.341. The summed E-state index contributed by atoms with van der Waals surface area (Å²) in [5.41, 5.74) is 4.74. The Hall–Kier alpha value is -3.03. The Kier molecular flexibility index (Phi) is 7.52. The van der Waals surface area contributed by atoms with E-state index in [1.54, 1.807) is 18.5 Å². The van der Waals surface area contributed by atoms with E-state index in [1.807, 2.05) is 24.4 Å². The first-order chi connectivity index (χ1) is 16.1. The molecule has 1 saturated heterocycles. The molecule has 3 heterocycles. The lowest BCUT2D eigenvalue weighted by atomic mass is 9.98. The second-order valence-corrected chi connectivity index (χ2v) is 8.92.